The molecule has 2 aromatic heterocycles. The molecule has 2 N–H and O–H groups in total. The summed E-state index contributed by atoms with van der Waals surface area (Å²) in [4.78, 5) is 20.0. The summed E-state index contributed by atoms with van der Waals surface area (Å²) >= 11 is 0. The Morgan fingerprint density at radius 1 is 1.17 bits per heavy atom. The van der Waals surface area contributed by atoms with Crippen LogP contribution >= 0.6 is 0 Å². The summed E-state index contributed by atoms with van der Waals surface area (Å²) in [7, 11) is 0. The van der Waals surface area contributed by atoms with E-state index in [1.54, 1.807) is 29.2 Å². The summed E-state index contributed by atoms with van der Waals surface area (Å²) in [6.07, 6.45) is 4.77. The van der Waals surface area contributed by atoms with E-state index in [9.17, 15) is 4.79 Å². The fraction of sp³-hybridized carbons (Fsp3) is 0.125. The molecule has 0 saturated heterocycles. The van der Waals surface area contributed by atoms with E-state index in [0.29, 0.717) is 24.8 Å². The summed E-state index contributed by atoms with van der Waals surface area (Å²) in [5.74, 6) is 1.72. The van der Waals surface area contributed by atoms with Crippen molar-refractivity contribution in [2.75, 3.05) is 18.5 Å². The third kappa shape index (κ3) is 4.29. The van der Waals surface area contributed by atoms with Crippen LogP contribution in [-0.2, 0) is 0 Å². The summed E-state index contributed by atoms with van der Waals surface area (Å²) in [5, 5.41) is 9.42. The minimum Gasteiger partial charge on any atom is -0.492 e. The molecule has 8 heteroatoms. The Labute approximate surface area is 138 Å². The predicted octanol–water partition coefficient (Wildman–Crippen LogP) is 1.86. The number of nitrogens with zero attached hydrogens (tertiary/aromatic N) is 4. The summed E-state index contributed by atoms with van der Waals surface area (Å²) < 4.78 is 7.08. The van der Waals surface area contributed by atoms with Crippen LogP contribution in [0.15, 0.2) is 61.2 Å². The van der Waals surface area contributed by atoms with Crippen molar-refractivity contribution in [1.82, 2.24) is 25.1 Å². The lowest BCUT2D eigenvalue weighted by Gasteiger charge is -2.09. The van der Waals surface area contributed by atoms with E-state index in [1.165, 1.54) is 6.33 Å². The molecule has 0 fully saturated rings. The van der Waals surface area contributed by atoms with Gasteiger partial charge < -0.3 is 10.1 Å². The van der Waals surface area contributed by atoms with Crippen LogP contribution in [0.2, 0.25) is 0 Å². The molecule has 0 aliphatic carbocycles. The first-order valence-electron chi connectivity index (χ1n) is 7.36. The lowest BCUT2D eigenvalue weighted by Crippen LogP contribution is -2.32. The maximum Gasteiger partial charge on any atom is 0.320 e. The average Bonchev–Trinajstić information content (AvgIpc) is 3.15. The molecule has 2 amide bonds. The number of carbonyl (C=O) groups excluding carboxylic acids is 1. The highest BCUT2D eigenvalue weighted by Crippen LogP contribution is 2.08. The molecule has 0 bridgehead atoms. The number of benzene rings is 1. The third-order valence-electron chi connectivity index (χ3n) is 3.03. The fourth-order valence-electron chi connectivity index (χ4n) is 1.96. The number of para-hydroxylation sites is 1. The average molecular weight is 324 g/mol. The Morgan fingerprint density at radius 2 is 2.04 bits per heavy atom. The molecule has 0 saturated carbocycles. The second-order valence-electron chi connectivity index (χ2n) is 4.75. The lowest BCUT2D eigenvalue weighted by atomic mass is 10.3. The van der Waals surface area contributed by atoms with E-state index >= 15 is 0 Å². The SMILES string of the molecule is O=C(NCCOc1ccccc1)Nc1cc(-n2cccn2)ncn1. The van der Waals surface area contributed by atoms with Crippen molar-refractivity contribution < 1.29 is 9.53 Å². The Hall–Kier alpha value is -3.42. The first-order chi connectivity index (χ1) is 11.8. The molecule has 24 heavy (non-hydrogen) atoms. The van der Waals surface area contributed by atoms with Gasteiger partial charge in [-0.05, 0) is 18.2 Å². The molecule has 1 aromatic carbocycles. The van der Waals surface area contributed by atoms with Crippen LogP contribution < -0.4 is 15.4 Å². The van der Waals surface area contributed by atoms with Gasteiger partial charge >= 0.3 is 6.03 Å². The van der Waals surface area contributed by atoms with Crippen LogP contribution in [0.3, 0.4) is 0 Å². The van der Waals surface area contributed by atoms with Crippen LogP contribution in [-0.4, -0.2) is 38.9 Å². The van der Waals surface area contributed by atoms with Crippen molar-refractivity contribution in [2.45, 2.75) is 0 Å². The zero-order chi connectivity index (χ0) is 16.6. The zero-order valence-electron chi connectivity index (χ0n) is 12.8. The Kier molecular flexibility index (Phi) is 4.98. The number of hydrogen-bond donors (Lipinski definition) is 2. The van der Waals surface area contributed by atoms with E-state index in [2.05, 4.69) is 25.7 Å². The zero-order valence-corrected chi connectivity index (χ0v) is 12.8. The number of aromatic nitrogens is 4. The van der Waals surface area contributed by atoms with Crippen molar-refractivity contribution in [1.29, 1.82) is 0 Å². The second-order valence-corrected chi connectivity index (χ2v) is 4.75. The van der Waals surface area contributed by atoms with E-state index in [-0.39, 0.29) is 6.03 Å². The molecule has 8 nitrogen and oxygen atoms in total. The number of anilines is 1. The molecule has 0 aliphatic heterocycles. The van der Waals surface area contributed by atoms with Gasteiger partial charge in [-0.1, -0.05) is 18.2 Å². The van der Waals surface area contributed by atoms with Gasteiger partial charge in [0.15, 0.2) is 5.82 Å². The van der Waals surface area contributed by atoms with Gasteiger partial charge in [-0.15, -0.1) is 0 Å². The number of rotatable bonds is 6. The fourth-order valence-corrected chi connectivity index (χ4v) is 1.96. The minimum atomic E-state index is -0.364. The molecule has 0 spiro atoms. The molecule has 3 aromatic rings. The third-order valence-corrected chi connectivity index (χ3v) is 3.03. The largest absolute Gasteiger partial charge is 0.492 e. The molecule has 0 aliphatic rings. The van der Waals surface area contributed by atoms with Gasteiger partial charge in [0.25, 0.3) is 0 Å². The van der Waals surface area contributed by atoms with Gasteiger partial charge in [0.2, 0.25) is 0 Å². The first kappa shape index (κ1) is 15.5. The summed E-state index contributed by atoms with van der Waals surface area (Å²) in [6.45, 7) is 0.748. The molecule has 122 valence electrons. The number of ether oxygens (including phenoxy) is 1. The van der Waals surface area contributed by atoms with Crippen molar-refractivity contribution in [3.05, 3.63) is 61.2 Å². The van der Waals surface area contributed by atoms with E-state index in [1.807, 2.05) is 30.3 Å². The van der Waals surface area contributed by atoms with Crippen LogP contribution in [0.5, 0.6) is 5.75 Å². The van der Waals surface area contributed by atoms with Crippen molar-refractivity contribution in [2.24, 2.45) is 0 Å². The quantitative estimate of drug-likeness (QED) is 0.675. The van der Waals surface area contributed by atoms with Crippen LogP contribution in [0, 0.1) is 0 Å². The Bertz CT molecular complexity index is 776. The normalized spacial score (nSPS) is 10.2. The second kappa shape index (κ2) is 7.73. The summed E-state index contributed by atoms with van der Waals surface area (Å²) in [5.41, 5.74) is 0. The molecule has 0 unspecified atom stereocenters. The number of urea groups is 1. The van der Waals surface area contributed by atoms with Gasteiger partial charge in [0.1, 0.15) is 24.5 Å². The van der Waals surface area contributed by atoms with Gasteiger partial charge in [-0.2, -0.15) is 5.10 Å². The van der Waals surface area contributed by atoms with Crippen LogP contribution in [0.25, 0.3) is 5.82 Å². The topological polar surface area (TPSA) is 94.0 Å². The highest BCUT2D eigenvalue weighted by atomic mass is 16.5. The molecule has 3 rings (SSSR count). The van der Waals surface area contributed by atoms with Crippen molar-refractivity contribution >= 4 is 11.8 Å². The minimum absolute atomic E-state index is 0.364. The van der Waals surface area contributed by atoms with Crippen molar-refractivity contribution in [3.63, 3.8) is 0 Å². The van der Waals surface area contributed by atoms with Gasteiger partial charge in [0.05, 0.1) is 6.54 Å². The Balaban J connectivity index is 1.46. The van der Waals surface area contributed by atoms with Gasteiger partial charge in [-0.25, -0.2) is 19.4 Å². The monoisotopic (exact) mass is 324 g/mol. The van der Waals surface area contributed by atoms with Crippen LogP contribution in [0.1, 0.15) is 0 Å². The standard InChI is InChI=1S/C16H16N6O2/c23-16(17-8-10-24-13-5-2-1-3-6-13)21-14-11-15(19-12-18-14)22-9-4-7-20-22/h1-7,9,11-12H,8,10H2,(H2,17,18,19,21,23). The number of amides is 2. The highest BCUT2D eigenvalue weighted by molar-refractivity contribution is 5.88. The number of carbonyl (C=O) groups is 1. The number of hydrogen-bond acceptors (Lipinski definition) is 5. The van der Waals surface area contributed by atoms with E-state index in [4.69, 9.17) is 4.74 Å². The highest BCUT2D eigenvalue weighted by Gasteiger charge is 2.05. The smallest absolute Gasteiger partial charge is 0.320 e. The molecule has 0 radical (unpaired) electrons. The molecular weight excluding hydrogens is 308 g/mol. The van der Waals surface area contributed by atoms with Gasteiger partial charge in [-0.3, -0.25) is 5.32 Å². The molecule has 2 heterocycles. The van der Waals surface area contributed by atoms with Crippen LogP contribution in [0.4, 0.5) is 10.6 Å². The van der Waals surface area contributed by atoms with Gasteiger partial charge in [0, 0.05) is 18.5 Å². The van der Waals surface area contributed by atoms with E-state index in [0.717, 1.165) is 5.75 Å². The molecule has 0 atom stereocenters. The first-order valence-corrected chi connectivity index (χ1v) is 7.36. The maximum atomic E-state index is 11.9. The number of nitrogens with one attached hydrogen (secondary N) is 2. The van der Waals surface area contributed by atoms with E-state index < -0.39 is 0 Å². The van der Waals surface area contributed by atoms with Crippen molar-refractivity contribution in [3.8, 4) is 11.6 Å². The molecular formula is C16H16N6O2. The Morgan fingerprint density at radius 3 is 2.83 bits per heavy atom. The maximum absolute atomic E-state index is 11.9. The summed E-state index contributed by atoms with van der Waals surface area (Å²) in [6, 6.07) is 12.5. The lowest BCUT2D eigenvalue weighted by molar-refractivity contribution is 0.247. The predicted molar refractivity (Wildman–Crippen MR) is 88.1 cm³/mol.